The summed E-state index contributed by atoms with van der Waals surface area (Å²) >= 11 is 6.34. The molecule has 35 heavy (non-hydrogen) atoms. The van der Waals surface area contributed by atoms with E-state index in [1.165, 1.54) is 5.56 Å². The summed E-state index contributed by atoms with van der Waals surface area (Å²) in [4.78, 5) is 22.2. The van der Waals surface area contributed by atoms with Crippen LogP contribution in [0.15, 0.2) is 42.7 Å². The molecule has 1 saturated carbocycles. The SMILES string of the molecule is CC(C)(C)OC(=O)ON1Cc2cc(Cl)ccc2-n2c(nnc2C2CCC(c3cccnc3)CC2)C1. The molecule has 184 valence electrons. The van der Waals surface area contributed by atoms with Gasteiger partial charge in [-0.1, -0.05) is 17.7 Å². The average molecular weight is 496 g/mol. The van der Waals surface area contributed by atoms with Crippen LogP contribution < -0.4 is 0 Å². The quantitative estimate of drug-likeness (QED) is 0.416. The highest BCUT2D eigenvalue weighted by molar-refractivity contribution is 6.30. The van der Waals surface area contributed by atoms with E-state index in [9.17, 15) is 4.79 Å². The maximum Gasteiger partial charge on any atom is 0.528 e. The van der Waals surface area contributed by atoms with Gasteiger partial charge in [0.1, 0.15) is 11.4 Å². The lowest BCUT2D eigenvalue weighted by molar-refractivity contribution is -0.155. The van der Waals surface area contributed by atoms with Crippen molar-refractivity contribution in [3.8, 4) is 5.69 Å². The van der Waals surface area contributed by atoms with Crippen LogP contribution in [0.25, 0.3) is 5.69 Å². The normalized spacial score (nSPS) is 20.5. The third kappa shape index (κ3) is 5.33. The number of hydroxylamine groups is 2. The third-order valence-electron chi connectivity index (χ3n) is 6.54. The molecule has 0 unspecified atom stereocenters. The first-order valence-corrected chi connectivity index (χ1v) is 12.4. The molecule has 3 aromatic rings. The van der Waals surface area contributed by atoms with Crippen molar-refractivity contribution in [3.05, 3.63) is 70.5 Å². The number of aromatic nitrogens is 4. The molecular weight excluding hydrogens is 466 g/mol. The number of carbonyl (C=O) groups excluding carboxylic acids is 1. The van der Waals surface area contributed by atoms with Crippen molar-refractivity contribution < 1.29 is 14.4 Å². The van der Waals surface area contributed by atoms with Gasteiger partial charge in [0.2, 0.25) is 0 Å². The average Bonchev–Trinajstić information content (AvgIpc) is 3.15. The first-order chi connectivity index (χ1) is 16.8. The number of hydrogen-bond donors (Lipinski definition) is 0. The van der Waals surface area contributed by atoms with Crippen molar-refractivity contribution >= 4 is 17.8 Å². The summed E-state index contributed by atoms with van der Waals surface area (Å²) in [6, 6.07) is 9.94. The number of fused-ring (bicyclic) bond motifs is 3. The van der Waals surface area contributed by atoms with E-state index in [2.05, 4.69) is 25.8 Å². The lowest BCUT2D eigenvalue weighted by Gasteiger charge is -2.28. The van der Waals surface area contributed by atoms with E-state index >= 15 is 0 Å². The monoisotopic (exact) mass is 495 g/mol. The zero-order valence-corrected chi connectivity index (χ0v) is 21.0. The minimum Gasteiger partial charge on any atom is -0.427 e. The minimum absolute atomic E-state index is 0.295. The van der Waals surface area contributed by atoms with Gasteiger partial charge in [0.05, 0.1) is 18.8 Å². The summed E-state index contributed by atoms with van der Waals surface area (Å²) in [7, 11) is 0. The van der Waals surface area contributed by atoms with Crippen LogP contribution in [0, 0.1) is 0 Å². The van der Waals surface area contributed by atoms with Crippen LogP contribution in [0.3, 0.4) is 0 Å². The van der Waals surface area contributed by atoms with E-state index in [1.54, 1.807) is 25.8 Å². The highest BCUT2D eigenvalue weighted by atomic mass is 35.5. The highest BCUT2D eigenvalue weighted by Crippen LogP contribution is 2.41. The third-order valence-corrected chi connectivity index (χ3v) is 6.78. The Labute approximate surface area is 210 Å². The molecule has 3 heterocycles. The van der Waals surface area contributed by atoms with Crippen molar-refractivity contribution in [2.45, 2.75) is 77.0 Å². The van der Waals surface area contributed by atoms with Gasteiger partial charge in [-0.25, -0.2) is 4.79 Å². The Bertz CT molecular complexity index is 1200. The summed E-state index contributed by atoms with van der Waals surface area (Å²) in [5, 5.41) is 11.3. The second kappa shape index (κ2) is 9.59. The van der Waals surface area contributed by atoms with Gasteiger partial charge in [-0.05, 0) is 87.8 Å². The van der Waals surface area contributed by atoms with Crippen LogP contribution in [0.5, 0.6) is 0 Å². The highest BCUT2D eigenvalue weighted by Gasteiger charge is 2.32. The van der Waals surface area contributed by atoms with E-state index in [0.717, 1.165) is 48.6 Å². The number of ether oxygens (including phenoxy) is 1. The van der Waals surface area contributed by atoms with Gasteiger partial charge < -0.3 is 9.57 Å². The maximum atomic E-state index is 12.4. The van der Waals surface area contributed by atoms with Crippen LogP contribution in [0.1, 0.15) is 81.1 Å². The van der Waals surface area contributed by atoms with Crippen molar-refractivity contribution in [2.24, 2.45) is 0 Å². The summed E-state index contributed by atoms with van der Waals surface area (Å²) < 4.78 is 7.48. The summed E-state index contributed by atoms with van der Waals surface area (Å²) in [5.41, 5.74) is 2.56. The Morgan fingerprint density at radius 1 is 1.06 bits per heavy atom. The Hall–Kier alpha value is -2.97. The van der Waals surface area contributed by atoms with Crippen LogP contribution in [-0.2, 0) is 22.7 Å². The summed E-state index contributed by atoms with van der Waals surface area (Å²) in [6.07, 6.45) is 7.27. The van der Waals surface area contributed by atoms with Gasteiger partial charge in [-0.15, -0.1) is 15.3 Å². The molecule has 0 bridgehead atoms. The molecule has 1 aliphatic heterocycles. The van der Waals surface area contributed by atoms with Crippen molar-refractivity contribution in [3.63, 3.8) is 0 Å². The fraction of sp³-hybridized carbons (Fsp3) is 0.462. The molecule has 0 saturated heterocycles. The van der Waals surface area contributed by atoms with Crippen molar-refractivity contribution in [2.75, 3.05) is 0 Å². The topological polar surface area (TPSA) is 82.4 Å². The first-order valence-electron chi connectivity index (χ1n) is 12.1. The second-order valence-corrected chi connectivity index (χ2v) is 10.7. The molecule has 9 heteroatoms. The van der Waals surface area contributed by atoms with Crippen LogP contribution >= 0.6 is 11.6 Å². The smallest absolute Gasteiger partial charge is 0.427 e. The molecule has 0 N–H and O–H groups in total. The molecule has 2 aromatic heterocycles. The molecular formula is C26H30ClN5O3. The van der Waals surface area contributed by atoms with E-state index in [4.69, 9.17) is 21.2 Å². The molecule has 5 rings (SSSR count). The number of nitrogens with zero attached hydrogens (tertiary/aromatic N) is 5. The maximum absolute atomic E-state index is 12.4. The molecule has 2 aliphatic rings. The number of hydrogen-bond acceptors (Lipinski definition) is 7. The molecule has 1 aliphatic carbocycles. The Balaban J connectivity index is 1.41. The van der Waals surface area contributed by atoms with Gasteiger partial charge in [0.15, 0.2) is 5.82 Å². The van der Waals surface area contributed by atoms with Gasteiger partial charge in [-0.2, -0.15) is 0 Å². The molecule has 8 nitrogen and oxygen atoms in total. The van der Waals surface area contributed by atoms with E-state index in [0.29, 0.717) is 29.9 Å². The molecule has 0 spiro atoms. The van der Waals surface area contributed by atoms with Gasteiger partial charge >= 0.3 is 6.16 Å². The number of halogens is 1. The number of pyridine rings is 1. The van der Waals surface area contributed by atoms with E-state index < -0.39 is 11.8 Å². The fourth-order valence-electron chi connectivity index (χ4n) is 5.00. The molecule has 1 fully saturated rings. The molecule has 0 radical (unpaired) electrons. The zero-order chi connectivity index (χ0) is 24.6. The number of carbonyl (C=O) groups is 1. The lowest BCUT2D eigenvalue weighted by Crippen LogP contribution is -2.31. The predicted octanol–water partition coefficient (Wildman–Crippen LogP) is 5.94. The van der Waals surface area contributed by atoms with Crippen LogP contribution in [0.4, 0.5) is 4.79 Å². The largest absolute Gasteiger partial charge is 0.528 e. The second-order valence-electron chi connectivity index (χ2n) is 10.3. The molecule has 1 aromatic carbocycles. The first kappa shape index (κ1) is 23.8. The summed E-state index contributed by atoms with van der Waals surface area (Å²) in [6.45, 7) is 6.07. The lowest BCUT2D eigenvalue weighted by atomic mass is 9.79. The van der Waals surface area contributed by atoms with Crippen LogP contribution in [0.2, 0.25) is 5.02 Å². The minimum atomic E-state index is -0.747. The standard InChI is InChI=1S/C26H30ClN5O3/c1-26(2,3)34-25(33)35-31-15-20-13-21(27)10-11-22(20)32-23(16-31)29-30-24(32)18-8-6-17(7-9-18)19-5-4-12-28-14-19/h4-5,10-14,17-18H,6-9,15-16H2,1-3H3. The Morgan fingerprint density at radius 2 is 1.83 bits per heavy atom. The molecule has 0 atom stereocenters. The summed E-state index contributed by atoms with van der Waals surface area (Å²) in [5.74, 6) is 2.49. The number of rotatable bonds is 3. The molecule has 0 amide bonds. The van der Waals surface area contributed by atoms with Crippen molar-refractivity contribution in [1.82, 2.24) is 24.8 Å². The van der Waals surface area contributed by atoms with Gasteiger partial charge in [0.25, 0.3) is 0 Å². The van der Waals surface area contributed by atoms with E-state index in [1.807, 2.05) is 36.7 Å². The van der Waals surface area contributed by atoms with Gasteiger partial charge in [0, 0.05) is 23.3 Å². The number of benzene rings is 1. The van der Waals surface area contributed by atoms with Crippen molar-refractivity contribution in [1.29, 1.82) is 0 Å². The van der Waals surface area contributed by atoms with Crippen LogP contribution in [-0.4, -0.2) is 36.6 Å². The van der Waals surface area contributed by atoms with E-state index in [-0.39, 0.29) is 0 Å². The zero-order valence-electron chi connectivity index (χ0n) is 20.3. The predicted molar refractivity (Wildman–Crippen MR) is 131 cm³/mol. The Morgan fingerprint density at radius 3 is 2.54 bits per heavy atom. The van der Waals surface area contributed by atoms with Gasteiger partial charge in [-0.3, -0.25) is 9.55 Å². The fourth-order valence-corrected chi connectivity index (χ4v) is 5.20. The Kier molecular flexibility index (Phi) is 6.51.